The second-order valence-electron chi connectivity index (χ2n) is 4.71. The van der Waals surface area contributed by atoms with E-state index in [1.54, 1.807) is 0 Å². The minimum atomic E-state index is -0.865. The minimum absolute atomic E-state index is 0.0880. The van der Waals surface area contributed by atoms with Crippen LogP contribution in [0.25, 0.3) is 0 Å². The lowest BCUT2D eigenvalue weighted by Gasteiger charge is -2.32. The number of rotatable bonds is 3. The van der Waals surface area contributed by atoms with Crippen molar-refractivity contribution in [2.45, 2.75) is 37.3 Å². The standard InChI is InChI=1S/C11H18N2O4/c14-9-2-1-8(13-9)10(15)12-7-11(16)3-5-17-6-4-11/h8,16H,1-7H2,(H,12,15)(H,13,14)/t8-/m1/s1. The van der Waals surface area contributed by atoms with Gasteiger partial charge in [-0.15, -0.1) is 0 Å². The van der Waals surface area contributed by atoms with E-state index in [0.29, 0.717) is 38.9 Å². The predicted molar refractivity (Wildman–Crippen MR) is 59.2 cm³/mol. The molecule has 0 saturated carbocycles. The SMILES string of the molecule is O=C1CC[C@H](C(=O)NCC2(O)CCOCC2)N1. The van der Waals surface area contributed by atoms with Gasteiger partial charge in [0.1, 0.15) is 6.04 Å². The molecule has 3 N–H and O–H groups in total. The van der Waals surface area contributed by atoms with Crippen molar-refractivity contribution in [3.63, 3.8) is 0 Å². The summed E-state index contributed by atoms with van der Waals surface area (Å²) >= 11 is 0. The molecule has 0 bridgehead atoms. The average molecular weight is 242 g/mol. The molecule has 2 saturated heterocycles. The fourth-order valence-electron chi connectivity index (χ4n) is 2.11. The molecule has 2 heterocycles. The van der Waals surface area contributed by atoms with Crippen molar-refractivity contribution in [2.75, 3.05) is 19.8 Å². The highest BCUT2D eigenvalue weighted by atomic mass is 16.5. The second kappa shape index (κ2) is 5.01. The number of carbonyl (C=O) groups excluding carboxylic acids is 2. The van der Waals surface area contributed by atoms with Crippen molar-refractivity contribution in [3.05, 3.63) is 0 Å². The molecule has 6 heteroatoms. The van der Waals surface area contributed by atoms with E-state index >= 15 is 0 Å². The number of hydrogen-bond acceptors (Lipinski definition) is 4. The highest BCUT2D eigenvalue weighted by Gasteiger charge is 2.32. The van der Waals surface area contributed by atoms with Crippen molar-refractivity contribution < 1.29 is 19.4 Å². The van der Waals surface area contributed by atoms with Crippen LogP contribution < -0.4 is 10.6 Å². The summed E-state index contributed by atoms with van der Waals surface area (Å²) in [6, 6.07) is -0.439. The van der Waals surface area contributed by atoms with Gasteiger partial charge in [-0.3, -0.25) is 9.59 Å². The van der Waals surface area contributed by atoms with Crippen LogP contribution in [-0.2, 0) is 14.3 Å². The van der Waals surface area contributed by atoms with E-state index in [-0.39, 0.29) is 18.4 Å². The Balaban J connectivity index is 1.77. The molecule has 96 valence electrons. The first-order valence-electron chi connectivity index (χ1n) is 5.96. The summed E-state index contributed by atoms with van der Waals surface area (Å²) < 4.78 is 5.16. The molecule has 17 heavy (non-hydrogen) atoms. The molecule has 0 radical (unpaired) electrons. The Bertz CT molecular complexity index is 313. The molecule has 0 aromatic carbocycles. The lowest BCUT2D eigenvalue weighted by molar-refractivity contribution is -0.127. The van der Waals surface area contributed by atoms with Crippen LogP contribution in [-0.4, -0.2) is 48.3 Å². The van der Waals surface area contributed by atoms with Crippen LogP contribution in [0.2, 0.25) is 0 Å². The van der Waals surface area contributed by atoms with Crippen molar-refractivity contribution in [1.29, 1.82) is 0 Å². The van der Waals surface area contributed by atoms with Gasteiger partial charge in [0.05, 0.1) is 5.60 Å². The molecule has 0 spiro atoms. The Morgan fingerprint density at radius 3 is 2.82 bits per heavy atom. The maximum Gasteiger partial charge on any atom is 0.242 e. The first-order chi connectivity index (χ1) is 8.09. The maximum absolute atomic E-state index is 11.7. The van der Waals surface area contributed by atoms with Crippen LogP contribution in [0.15, 0.2) is 0 Å². The number of aliphatic hydroxyl groups is 1. The molecule has 0 aliphatic carbocycles. The van der Waals surface area contributed by atoms with Crippen molar-refractivity contribution in [2.24, 2.45) is 0 Å². The summed E-state index contributed by atoms with van der Waals surface area (Å²) in [6.07, 6.45) is 2.00. The van der Waals surface area contributed by atoms with E-state index in [4.69, 9.17) is 4.74 Å². The fourth-order valence-corrected chi connectivity index (χ4v) is 2.11. The number of amides is 2. The topological polar surface area (TPSA) is 87.7 Å². The monoisotopic (exact) mass is 242 g/mol. The van der Waals surface area contributed by atoms with Crippen LogP contribution in [0.5, 0.6) is 0 Å². The Labute approximate surface area is 99.7 Å². The third-order valence-electron chi connectivity index (χ3n) is 3.33. The Morgan fingerprint density at radius 1 is 1.53 bits per heavy atom. The van der Waals surface area contributed by atoms with Crippen LogP contribution in [0.3, 0.4) is 0 Å². The number of ether oxygens (including phenoxy) is 1. The first kappa shape index (κ1) is 12.3. The minimum Gasteiger partial charge on any atom is -0.388 e. The normalized spacial score (nSPS) is 27.6. The zero-order valence-electron chi connectivity index (χ0n) is 9.70. The molecule has 2 amide bonds. The Kier molecular flexibility index (Phi) is 3.63. The molecule has 2 aliphatic heterocycles. The molecule has 2 aliphatic rings. The van der Waals surface area contributed by atoms with E-state index in [1.165, 1.54) is 0 Å². The van der Waals surface area contributed by atoms with Crippen molar-refractivity contribution in [3.8, 4) is 0 Å². The predicted octanol–water partition coefficient (Wildman–Crippen LogP) is -1.08. The largest absolute Gasteiger partial charge is 0.388 e. The molecule has 0 aromatic heterocycles. The lowest BCUT2D eigenvalue weighted by atomic mass is 9.94. The lowest BCUT2D eigenvalue weighted by Crippen LogP contribution is -2.50. The molecule has 0 unspecified atom stereocenters. The van der Waals surface area contributed by atoms with Crippen LogP contribution in [0.1, 0.15) is 25.7 Å². The smallest absolute Gasteiger partial charge is 0.242 e. The van der Waals surface area contributed by atoms with E-state index < -0.39 is 11.6 Å². The molecule has 1 atom stereocenters. The van der Waals surface area contributed by atoms with Gasteiger partial charge in [-0.1, -0.05) is 0 Å². The molecule has 0 aromatic rings. The third-order valence-corrected chi connectivity index (χ3v) is 3.33. The van der Waals surface area contributed by atoms with Gasteiger partial charge in [-0.2, -0.15) is 0 Å². The maximum atomic E-state index is 11.7. The van der Waals surface area contributed by atoms with Gasteiger partial charge in [-0.05, 0) is 6.42 Å². The van der Waals surface area contributed by atoms with Gasteiger partial charge in [0, 0.05) is 39.0 Å². The number of carbonyl (C=O) groups is 2. The first-order valence-corrected chi connectivity index (χ1v) is 5.96. The highest BCUT2D eigenvalue weighted by molar-refractivity contribution is 5.90. The van der Waals surface area contributed by atoms with Crippen molar-refractivity contribution in [1.82, 2.24) is 10.6 Å². The third kappa shape index (κ3) is 3.17. The van der Waals surface area contributed by atoms with E-state index in [2.05, 4.69) is 10.6 Å². The summed E-state index contributed by atoms with van der Waals surface area (Å²) in [5, 5.41) is 15.4. The zero-order chi connectivity index (χ0) is 12.3. The van der Waals surface area contributed by atoms with Gasteiger partial charge in [0.15, 0.2) is 0 Å². The van der Waals surface area contributed by atoms with Gasteiger partial charge < -0.3 is 20.5 Å². The van der Waals surface area contributed by atoms with Gasteiger partial charge in [0.25, 0.3) is 0 Å². The number of nitrogens with one attached hydrogen (secondary N) is 2. The summed E-state index contributed by atoms with van der Waals surface area (Å²) in [5.41, 5.74) is -0.865. The van der Waals surface area contributed by atoms with Gasteiger partial charge in [-0.25, -0.2) is 0 Å². The second-order valence-corrected chi connectivity index (χ2v) is 4.71. The van der Waals surface area contributed by atoms with Crippen LogP contribution in [0, 0.1) is 0 Å². The summed E-state index contributed by atoms with van der Waals surface area (Å²) in [4.78, 5) is 22.7. The molecule has 2 fully saturated rings. The summed E-state index contributed by atoms with van der Waals surface area (Å²) in [5.74, 6) is -0.300. The zero-order valence-corrected chi connectivity index (χ0v) is 9.70. The summed E-state index contributed by atoms with van der Waals surface area (Å²) in [7, 11) is 0. The van der Waals surface area contributed by atoms with Crippen LogP contribution in [0.4, 0.5) is 0 Å². The fraction of sp³-hybridized carbons (Fsp3) is 0.818. The van der Waals surface area contributed by atoms with Gasteiger partial charge >= 0.3 is 0 Å². The van der Waals surface area contributed by atoms with E-state index in [9.17, 15) is 14.7 Å². The van der Waals surface area contributed by atoms with Crippen molar-refractivity contribution >= 4 is 11.8 Å². The average Bonchev–Trinajstić information content (AvgIpc) is 2.74. The van der Waals surface area contributed by atoms with E-state index in [0.717, 1.165) is 0 Å². The molecular formula is C11H18N2O4. The Hall–Kier alpha value is -1.14. The quantitative estimate of drug-likeness (QED) is 0.587. The van der Waals surface area contributed by atoms with Crippen LogP contribution >= 0.6 is 0 Å². The molecule has 2 rings (SSSR count). The molecular weight excluding hydrogens is 224 g/mol. The molecule has 6 nitrogen and oxygen atoms in total. The van der Waals surface area contributed by atoms with E-state index in [1.807, 2.05) is 0 Å². The summed E-state index contributed by atoms with van der Waals surface area (Å²) in [6.45, 7) is 1.26. The number of hydrogen-bond donors (Lipinski definition) is 3. The highest BCUT2D eigenvalue weighted by Crippen LogP contribution is 2.19. The van der Waals surface area contributed by atoms with Gasteiger partial charge in [0.2, 0.25) is 11.8 Å². The Morgan fingerprint density at radius 2 is 2.24 bits per heavy atom.